The topological polar surface area (TPSA) is 72.5 Å². The molecule has 1 aliphatic carbocycles. The fourth-order valence-electron chi connectivity index (χ4n) is 1.18. The van der Waals surface area contributed by atoms with Crippen LogP contribution in [0.4, 0.5) is 0 Å². The van der Waals surface area contributed by atoms with Crippen molar-refractivity contribution in [2.75, 3.05) is 7.11 Å². The molecule has 64 valence electrons. The summed E-state index contributed by atoms with van der Waals surface area (Å²) in [5, 5.41) is 9.29. The predicted molar refractivity (Wildman–Crippen MR) is 38.7 cm³/mol. The molecule has 0 amide bonds. The van der Waals surface area contributed by atoms with E-state index in [4.69, 9.17) is 5.73 Å². The molecule has 0 radical (unpaired) electrons. The van der Waals surface area contributed by atoms with Crippen LogP contribution < -0.4 is 5.73 Å². The van der Waals surface area contributed by atoms with E-state index in [0.717, 1.165) is 0 Å². The molecule has 0 spiro atoms. The SMILES string of the molecule is COC(=O)C(O)C1(N)CC1C. The summed E-state index contributed by atoms with van der Waals surface area (Å²) in [5.41, 5.74) is 4.93. The molecular formula is C7H13NO3. The Morgan fingerprint density at radius 1 is 1.91 bits per heavy atom. The molecule has 0 aromatic rings. The summed E-state index contributed by atoms with van der Waals surface area (Å²) in [7, 11) is 1.24. The van der Waals surface area contributed by atoms with E-state index in [9.17, 15) is 9.90 Å². The smallest absolute Gasteiger partial charge is 0.336 e. The van der Waals surface area contributed by atoms with E-state index in [-0.39, 0.29) is 5.92 Å². The molecule has 4 heteroatoms. The number of carbonyl (C=O) groups is 1. The third kappa shape index (κ3) is 1.23. The van der Waals surface area contributed by atoms with Crippen molar-refractivity contribution in [2.24, 2.45) is 11.7 Å². The van der Waals surface area contributed by atoms with Crippen LogP contribution in [0.1, 0.15) is 13.3 Å². The average molecular weight is 159 g/mol. The number of hydrogen-bond donors (Lipinski definition) is 2. The van der Waals surface area contributed by atoms with Gasteiger partial charge in [-0.05, 0) is 12.3 Å². The normalized spacial score (nSPS) is 38.0. The molecule has 0 aromatic heterocycles. The van der Waals surface area contributed by atoms with Crippen molar-refractivity contribution < 1.29 is 14.6 Å². The van der Waals surface area contributed by atoms with E-state index in [1.807, 2.05) is 6.92 Å². The molecule has 0 saturated heterocycles. The molecular weight excluding hydrogens is 146 g/mol. The van der Waals surface area contributed by atoms with Crippen LogP contribution >= 0.6 is 0 Å². The van der Waals surface area contributed by atoms with Gasteiger partial charge in [-0.2, -0.15) is 0 Å². The van der Waals surface area contributed by atoms with Crippen LogP contribution in [0, 0.1) is 5.92 Å². The molecule has 3 unspecified atom stereocenters. The number of aliphatic hydroxyl groups excluding tert-OH is 1. The third-order valence-corrected chi connectivity index (χ3v) is 2.35. The van der Waals surface area contributed by atoms with E-state index in [1.54, 1.807) is 0 Å². The number of esters is 1. The minimum atomic E-state index is -1.16. The quantitative estimate of drug-likeness (QED) is 0.520. The van der Waals surface area contributed by atoms with Crippen molar-refractivity contribution in [3.63, 3.8) is 0 Å². The minimum absolute atomic E-state index is 0.205. The van der Waals surface area contributed by atoms with E-state index in [2.05, 4.69) is 4.74 Å². The van der Waals surface area contributed by atoms with Gasteiger partial charge in [0.25, 0.3) is 0 Å². The molecule has 4 nitrogen and oxygen atoms in total. The number of hydrogen-bond acceptors (Lipinski definition) is 4. The fourth-order valence-corrected chi connectivity index (χ4v) is 1.18. The predicted octanol–water partition coefficient (Wildman–Crippen LogP) is -0.742. The Bertz CT molecular complexity index is 183. The lowest BCUT2D eigenvalue weighted by Gasteiger charge is -2.15. The summed E-state index contributed by atoms with van der Waals surface area (Å²) in [6, 6.07) is 0. The zero-order chi connectivity index (χ0) is 8.65. The summed E-state index contributed by atoms with van der Waals surface area (Å²) >= 11 is 0. The molecule has 1 aliphatic rings. The van der Waals surface area contributed by atoms with Gasteiger partial charge in [0.05, 0.1) is 12.6 Å². The number of carbonyl (C=O) groups excluding carboxylic acids is 1. The maximum absolute atomic E-state index is 10.8. The van der Waals surface area contributed by atoms with Crippen LogP contribution in [0.2, 0.25) is 0 Å². The Kier molecular flexibility index (Phi) is 1.90. The second-order valence-electron chi connectivity index (χ2n) is 3.14. The molecule has 3 N–H and O–H groups in total. The number of rotatable bonds is 2. The first-order chi connectivity index (χ1) is 5.02. The molecule has 1 fully saturated rings. The number of aliphatic hydroxyl groups is 1. The highest BCUT2D eigenvalue weighted by Crippen LogP contribution is 2.43. The van der Waals surface area contributed by atoms with Gasteiger partial charge in [-0.15, -0.1) is 0 Å². The largest absolute Gasteiger partial charge is 0.467 e. The van der Waals surface area contributed by atoms with Gasteiger partial charge in [0, 0.05) is 0 Å². The first-order valence-electron chi connectivity index (χ1n) is 3.57. The molecule has 1 rings (SSSR count). The van der Waals surface area contributed by atoms with Crippen LogP contribution in [0.3, 0.4) is 0 Å². The van der Waals surface area contributed by atoms with Crippen molar-refractivity contribution in [1.29, 1.82) is 0 Å². The van der Waals surface area contributed by atoms with Gasteiger partial charge in [-0.25, -0.2) is 4.79 Å². The van der Waals surface area contributed by atoms with Crippen LogP contribution in [-0.2, 0) is 9.53 Å². The van der Waals surface area contributed by atoms with Crippen molar-refractivity contribution >= 4 is 5.97 Å². The fraction of sp³-hybridized carbons (Fsp3) is 0.857. The summed E-state index contributed by atoms with van der Waals surface area (Å²) in [4.78, 5) is 10.8. The Labute approximate surface area is 65.3 Å². The third-order valence-electron chi connectivity index (χ3n) is 2.35. The van der Waals surface area contributed by atoms with E-state index < -0.39 is 17.6 Å². The Balaban J connectivity index is 2.55. The molecule has 0 bridgehead atoms. The highest BCUT2D eigenvalue weighted by atomic mass is 16.5. The van der Waals surface area contributed by atoms with E-state index in [1.165, 1.54) is 7.11 Å². The Morgan fingerprint density at radius 2 is 2.36 bits per heavy atom. The zero-order valence-electron chi connectivity index (χ0n) is 6.70. The molecule has 0 aliphatic heterocycles. The standard InChI is InChI=1S/C7H13NO3/c1-4-3-7(4,8)5(9)6(10)11-2/h4-5,9H,3,8H2,1-2H3. The summed E-state index contributed by atoms with van der Waals surface area (Å²) in [6.45, 7) is 1.90. The molecule has 0 aromatic carbocycles. The van der Waals surface area contributed by atoms with Gasteiger partial charge >= 0.3 is 5.97 Å². The first-order valence-corrected chi connectivity index (χ1v) is 3.57. The summed E-state index contributed by atoms with van der Waals surface area (Å²) in [5.74, 6) is -0.437. The maximum Gasteiger partial charge on any atom is 0.336 e. The second kappa shape index (κ2) is 2.46. The number of methoxy groups -OCH3 is 1. The molecule has 0 heterocycles. The minimum Gasteiger partial charge on any atom is -0.467 e. The second-order valence-corrected chi connectivity index (χ2v) is 3.14. The zero-order valence-corrected chi connectivity index (χ0v) is 6.70. The Hall–Kier alpha value is -0.610. The van der Waals surface area contributed by atoms with E-state index in [0.29, 0.717) is 6.42 Å². The number of ether oxygens (including phenoxy) is 1. The van der Waals surface area contributed by atoms with Gasteiger partial charge in [0.2, 0.25) is 0 Å². The first kappa shape index (κ1) is 8.49. The lowest BCUT2D eigenvalue weighted by molar-refractivity contribution is -0.152. The van der Waals surface area contributed by atoms with Gasteiger partial charge < -0.3 is 15.6 Å². The van der Waals surface area contributed by atoms with Crippen molar-refractivity contribution in [3.8, 4) is 0 Å². The lowest BCUT2D eigenvalue weighted by atomic mass is 10.1. The van der Waals surface area contributed by atoms with Crippen LogP contribution in [-0.4, -0.2) is 29.8 Å². The molecule has 3 atom stereocenters. The van der Waals surface area contributed by atoms with Crippen LogP contribution in [0.15, 0.2) is 0 Å². The van der Waals surface area contributed by atoms with Gasteiger partial charge in [-0.3, -0.25) is 0 Å². The maximum atomic E-state index is 10.8. The average Bonchev–Trinajstić information content (AvgIpc) is 2.58. The summed E-state index contributed by atoms with van der Waals surface area (Å²) < 4.78 is 4.36. The van der Waals surface area contributed by atoms with Gasteiger partial charge in [0.1, 0.15) is 0 Å². The van der Waals surface area contributed by atoms with Crippen molar-refractivity contribution in [3.05, 3.63) is 0 Å². The highest BCUT2D eigenvalue weighted by molar-refractivity contribution is 5.77. The molecule has 1 saturated carbocycles. The van der Waals surface area contributed by atoms with Crippen molar-refractivity contribution in [1.82, 2.24) is 0 Å². The summed E-state index contributed by atoms with van der Waals surface area (Å²) in [6.07, 6.45) is -0.481. The lowest BCUT2D eigenvalue weighted by Crippen LogP contribution is -2.44. The Morgan fingerprint density at radius 3 is 2.64 bits per heavy atom. The number of nitrogens with two attached hydrogens (primary N) is 1. The van der Waals surface area contributed by atoms with Crippen molar-refractivity contribution in [2.45, 2.75) is 25.0 Å². The van der Waals surface area contributed by atoms with E-state index >= 15 is 0 Å². The molecule has 11 heavy (non-hydrogen) atoms. The monoisotopic (exact) mass is 159 g/mol. The van der Waals surface area contributed by atoms with Gasteiger partial charge in [0.15, 0.2) is 6.10 Å². The van der Waals surface area contributed by atoms with Crippen LogP contribution in [0.25, 0.3) is 0 Å². The van der Waals surface area contributed by atoms with Gasteiger partial charge in [-0.1, -0.05) is 6.92 Å². The van der Waals surface area contributed by atoms with Crippen LogP contribution in [0.5, 0.6) is 0 Å². The highest BCUT2D eigenvalue weighted by Gasteiger charge is 2.56.